The normalized spacial score (nSPS) is 10.9. The number of carbonyl (C=O) groups excluding carboxylic acids is 1. The second-order valence-corrected chi connectivity index (χ2v) is 5.43. The monoisotopic (exact) mass is 310 g/mol. The number of esters is 1. The highest BCUT2D eigenvalue weighted by Gasteiger charge is 2.10. The molecule has 118 valence electrons. The molecule has 0 aromatic carbocycles. The first kappa shape index (κ1) is 15.1. The molecule has 6 nitrogen and oxygen atoms in total. The molecule has 0 aliphatic rings. The zero-order valence-electron chi connectivity index (χ0n) is 13.2. The minimum atomic E-state index is -0.373. The Hall–Kier alpha value is -2.76. The van der Waals surface area contributed by atoms with Crippen molar-refractivity contribution < 1.29 is 9.53 Å². The molecule has 0 saturated heterocycles. The topological polar surface area (TPSA) is 69.9 Å². The number of rotatable bonds is 5. The van der Waals surface area contributed by atoms with E-state index in [1.165, 1.54) is 6.20 Å². The number of hydrogen-bond donors (Lipinski definition) is 0. The minimum Gasteiger partial charge on any atom is -0.462 e. The van der Waals surface area contributed by atoms with Gasteiger partial charge in [-0.1, -0.05) is 6.07 Å². The van der Waals surface area contributed by atoms with Crippen molar-refractivity contribution in [3.05, 3.63) is 53.7 Å². The number of ether oxygens (including phenoxy) is 1. The molecule has 3 rings (SSSR count). The molecule has 23 heavy (non-hydrogen) atoms. The molecule has 3 aromatic rings. The second kappa shape index (κ2) is 6.56. The second-order valence-electron chi connectivity index (χ2n) is 5.43. The van der Waals surface area contributed by atoms with Gasteiger partial charge in [-0.3, -0.25) is 4.98 Å². The average Bonchev–Trinajstić information content (AvgIpc) is 2.92. The molecule has 0 fully saturated rings. The van der Waals surface area contributed by atoms with E-state index in [-0.39, 0.29) is 5.97 Å². The molecule has 0 bridgehead atoms. The SMILES string of the molecule is Cc1cccc(CCCOC(=O)c2cnc3c(c2)ncn3C)n1. The lowest BCUT2D eigenvalue weighted by atomic mass is 10.2. The van der Waals surface area contributed by atoms with Crippen LogP contribution in [0.15, 0.2) is 36.8 Å². The molecule has 0 spiro atoms. The predicted molar refractivity (Wildman–Crippen MR) is 86.1 cm³/mol. The molecular formula is C17H18N4O2. The molecule has 0 aliphatic carbocycles. The maximum Gasteiger partial charge on any atom is 0.339 e. The van der Waals surface area contributed by atoms with Crippen LogP contribution in [0.25, 0.3) is 11.2 Å². The minimum absolute atomic E-state index is 0.356. The summed E-state index contributed by atoms with van der Waals surface area (Å²) in [5.41, 5.74) is 3.86. The molecule has 0 N–H and O–H groups in total. The summed E-state index contributed by atoms with van der Waals surface area (Å²) >= 11 is 0. The van der Waals surface area contributed by atoms with Crippen LogP contribution in [0.5, 0.6) is 0 Å². The van der Waals surface area contributed by atoms with Gasteiger partial charge in [-0.25, -0.2) is 14.8 Å². The van der Waals surface area contributed by atoms with Gasteiger partial charge >= 0.3 is 5.97 Å². The van der Waals surface area contributed by atoms with Gasteiger partial charge in [-0.15, -0.1) is 0 Å². The molecule has 0 amide bonds. The fourth-order valence-corrected chi connectivity index (χ4v) is 2.37. The fourth-order valence-electron chi connectivity index (χ4n) is 2.37. The number of nitrogens with zero attached hydrogens (tertiary/aromatic N) is 4. The van der Waals surface area contributed by atoms with Crippen molar-refractivity contribution in [3.63, 3.8) is 0 Å². The zero-order valence-corrected chi connectivity index (χ0v) is 13.2. The summed E-state index contributed by atoms with van der Waals surface area (Å²) in [4.78, 5) is 24.9. The van der Waals surface area contributed by atoms with E-state index in [1.807, 2.05) is 32.2 Å². The van der Waals surface area contributed by atoms with Crippen LogP contribution in [0.3, 0.4) is 0 Å². The van der Waals surface area contributed by atoms with Gasteiger partial charge in [0, 0.05) is 24.6 Å². The lowest BCUT2D eigenvalue weighted by Gasteiger charge is -2.05. The summed E-state index contributed by atoms with van der Waals surface area (Å²) in [7, 11) is 1.86. The maximum atomic E-state index is 12.0. The van der Waals surface area contributed by atoms with Crippen LogP contribution < -0.4 is 0 Å². The third kappa shape index (κ3) is 3.53. The first-order valence-electron chi connectivity index (χ1n) is 7.50. The third-order valence-electron chi connectivity index (χ3n) is 3.54. The van der Waals surface area contributed by atoms with E-state index < -0.39 is 0 Å². The van der Waals surface area contributed by atoms with Crippen molar-refractivity contribution in [2.45, 2.75) is 19.8 Å². The van der Waals surface area contributed by atoms with Crippen LogP contribution in [0, 0.1) is 6.92 Å². The van der Waals surface area contributed by atoms with Gasteiger partial charge in [0.25, 0.3) is 0 Å². The van der Waals surface area contributed by atoms with Crippen LogP contribution in [-0.4, -0.2) is 32.1 Å². The summed E-state index contributed by atoms with van der Waals surface area (Å²) in [6, 6.07) is 7.63. The Morgan fingerprint density at radius 3 is 3.00 bits per heavy atom. The summed E-state index contributed by atoms with van der Waals surface area (Å²) in [6.45, 7) is 2.32. The first-order valence-corrected chi connectivity index (χ1v) is 7.50. The Morgan fingerprint density at radius 1 is 1.30 bits per heavy atom. The van der Waals surface area contributed by atoms with Gasteiger partial charge < -0.3 is 9.30 Å². The molecule has 0 radical (unpaired) electrons. The van der Waals surface area contributed by atoms with E-state index in [2.05, 4.69) is 15.0 Å². The number of imidazole rings is 1. The molecule has 3 aromatic heterocycles. The number of fused-ring (bicyclic) bond motifs is 1. The molecule has 0 atom stereocenters. The van der Waals surface area contributed by atoms with Gasteiger partial charge in [-0.05, 0) is 38.0 Å². The quantitative estimate of drug-likeness (QED) is 0.535. The Balaban J connectivity index is 1.54. The van der Waals surface area contributed by atoms with E-state index >= 15 is 0 Å². The highest BCUT2D eigenvalue weighted by atomic mass is 16.5. The molecule has 0 aliphatic heterocycles. The van der Waals surface area contributed by atoms with Crippen LogP contribution in [-0.2, 0) is 18.2 Å². The molecule has 6 heteroatoms. The van der Waals surface area contributed by atoms with Gasteiger partial charge in [-0.2, -0.15) is 0 Å². The van der Waals surface area contributed by atoms with Crippen molar-refractivity contribution in [2.75, 3.05) is 6.61 Å². The Labute approximate surface area is 134 Å². The number of pyridine rings is 2. The number of hydrogen-bond acceptors (Lipinski definition) is 5. The standard InChI is InChI=1S/C17H18N4O2/c1-12-5-3-6-14(20-12)7-4-8-23-17(22)13-9-15-16(18-10-13)21(2)11-19-15/h3,5-6,9-11H,4,7-8H2,1-2H3. The van der Waals surface area contributed by atoms with E-state index in [0.29, 0.717) is 17.7 Å². The van der Waals surface area contributed by atoms with Crippen molar-refractivity contribution >= 4 is 17.1 Å². The van der Waals surface area contributed by atoms with Crippen LogP contribution >= 0.6 is 0 Å². The number of aromatic nitrogens is 4. The van der Waals surface area contributed by atoms with E-state index in [4.69, 9.17) is 4.74 Å². The van der Waals surface area contributed by atoms with Crippen molar-refractivity contribution in [1.29, 1.82) is 0 Å². The van der Waals surface area contributed by atoms with Crippen LogP contribution in [0.1, 0.15) is 28.2 Å². The first-order chi connectivity index (χ1) is 11.1. The third-order valence-corrected chi connectivity index (χ3v) is 3.54. The maximum absolute atomic E-state index is 12.0. The van der Waals surface area contributed by atoms with E-state index in [0.717, 1.165) is 29.9 Å². The highest BCUT2D eigenvalue weighted by Crippen LogP contribution is 2.12. The summed E-state index contributed by atoms with van der Waals surface area (Å²) in [6.07, 6.45) is 4.71. The molecule has 0 saturated carbocycles. The van der Waals surface area contributed by atoms with Gasteiger partial charge in [0.2, 0.25) is 0 Å². The lowest BCUT2D eigenvalue weighted by molar-refractivity contribution is 0.0500. The number of aryl methyl sites for hydroxylation is 3. The van der Waals surface area contributed by atoms with Crippen molar-refractivity contribution in [1.82, 2.24) is 19.5 Å². The Kier molecular flexibility index (Phi) is 4.32. The lowest BCUT2D eigenvalue weighted by Crippen LogP contribution is -2.08. The number of carbonyl (C=O) groups is 1. The Bertz CT molecular complexity index is 841. The summed E-state index contributed by atoms with van der Waals surface area (Å²) < 4.78 is 7.10. The predicted octanol–water partition coefficient (Wildman–Crippen LogP) is 2.46. The van der Waals surface area contributed by atoms with E-state index in [1.54, 1.807) is 17.0 Å². The van der Waals surface area contributed by atoms with Crippen LogP contribution in [0.4, 0.5) is 0 Å². The van der Waals surface area contributed by atoms with Gasteiger partial charge in [0.1, 0.15) is 5.52 Å². The van der Waals surface area contributed by atoms with Gasteiger partial charge in [0.05, 0.1) is 18.5 Å². The van der Waals surface area contributed by atoms with Gasteiger partial charge in [0.15, 0.2) is 5.65 Å². The Morgan fingerprint density at radius 2 is 2.17 bits per heavy atom. The van der Waals surface area contributed by atoms with Crippen molar-refractivity contribution in [3.8, 4) is 0 Å². The average molecular weight is 310 g/mol. The van der Waals surface area contributed by atoms with Crippen molar-refractivity contribution in [2.24, 2.45) is 7.05 Å². The summed E-state index contributed by atoms with van der Waals surface area (Å²) in [5, 5.41) is 0. The molecule has 3 heterocycles. The molecule has 0 unspecified atom stereocenters. The van der Waals surface area contributed by atoms with E-state index in [9.17, 15) is 4.79 Å². The largest absolute Gasteiger partial charge is 0.462 e. The fraction of sp³-hybridized carbons (Fsp3) is 0.294. The summed E-state index contributed by atoms with van der Waals surface area (Å²) in [5.74, 6) is -0.373. The van der Waals surface area contributed by atoms with Crippen LogP contribution in [0.2, 0.25) is 0 Å². The zero-order chi connectivity index (χ0) is 16.2. The highest BCUT2D eigenvalue weighted by molar-refractivity contribution is 5.92. The molecular weight excluding hydrogens is 292 g/mol. The smallest absolute Gasteiger partial charge is 0.339 e.